The SMILES string of the molecule is COc1ccc(N2C(=S)NC(c3ccccn3)C2c2cc(C)n(-c3nccs3)c2C)cc1NS(C)(=O)=O. The maximum absolute atomic E-state index is 12.1. The summed E-state index contributed by atoms with van der Waals surface area (Å²) in [4.78, 5) is 11.2. The molecule has 0 amide bonds. The Hall–Kier alpha value is -3.48. The minimum atomic E-state index is -3.53. The molecular weight excluding hydrogens is 529 g/mol. The molecule has 1 aliphatic rings. The van der Waals surface area contributed by atoms with Gasteiger partial charge in [0.1, 0.15) is 5.75 Å². The Morgan fingerprint density at radius 1 is 1.14 bits per heavy atom. The zero-order valence-electron chi connectivity index (χ0n) is 20.7. The van der Waals surface area contributed by atoms with Crippen molar-refractivity contribution in [3.05, 3.63) is 82.9 Å². The molecule has 4 aromatic rings. The van der Waals surface area contributed by atoms with Gasteiger partial charge in [-0.25, -0.2) is 13.4 Å². The molecule has 4 heterocycles. The highest BCUT2D eigenvalue weighted by Crippen LogP contribution is 2.45. The van der Waals surface area contributed by atoms with E-state index in [1.807, 2.05) is 34.5 Å². The molecule has 192 valence electrons. The van der Waals surface area contributed by atoms with Crippen LogP contribution in [0.25, 0.3) is 5.13 Å². The second kappa shape index (κ2) is 9.77. The second-order valence-corrected chi connectivity index (χ2v) is 11.7. The van der Waals surface area contributed by atoms with Crippen molar-refractivity contribution in [3.8, 4) is 10.9 Å². The number of pyridine rings is 1. The molecule has 2 atom stereocenters. The number of aryl methyl sites for hydroxylation is 1. The number of benzene rings is 1. The summed E-state index contributed by atoms with van der Waals surface area (Å²) in [5.74, 6) is 0.409. The summed E-state index contributed by atoms with van der Waals surface area (Å²) in [6.45, 7) is 4.13. The standard InChI is InChI=1S/C25H26N6O3S3/c1-15-13-18(16(2)30(15)25-27-11-12-36-25)23-22(19-7-5-6-10-26-19)28-24(35)31(23)17-8-9-21(34-3)20(14-17)29-37(4,32)33/h5-14,22-23,29H,1-4H3,(H,28,35). The van der Waals surface area contributed by atoms with Crippen LogP contribution in [-0.2, 0) is 10.0 Å². The van der Waals surface area contributed by atoms with Crippen molar-refractivity contribution in [2.45, 2.75) is 25.9 Å². The molecule has 0 bridgehead atoms. The minimum Gasteiger partial charge on any atom is -0.495 e. The molecule has 3 aromatic heterocycles. The van der Waals surface area contributed by atoms with Gasteiger partial charge in [-0.1, -0.05) is 6.07 Å². The van der Waals surface area contributed by atoms with Crippen molar-refractivity contribution in [2.24, 2.45) is 0 Å². The van der Waals surface area contributed by atoms with Crippen molar-refractivity contribution >= 4 is 50.1 Å². The van der Waals surface area contributed by atoms with Crippen LogP contribution in [0, 0.1) is 13.8 Å². The van der Waals surface area contributed by atoms with Crippen LogP contribution in [0.3, 0.4) is 0 Å². The lowest BCUT2D eigenvalue weighted by Crippen LogP contribution is -2.29. The van der Waals surface area contributed by atoms with Crippen molar-refractivity contribution in [1.29, 1.82) is 0 Å². The Morgan fingerprint density at radius 2 is 1.95 bits per heavy atom. The fourth-order valence-electron chi connectivity index (χ4n) is 4.78. The number of methoxy groups -OCH3 is 1. The van der Waals surface area contributed by atoms with Gasteiger partial charge in [-0.15, -0.1) is 11.3 Å². The number of aromatic nitrogens is 3. The summed E-state index contributed by atoms with van der Waals surface area (Å²) in [5, 5.41) is 6.81. The van der Waals surface area contributed by atoms with Gasteiger partial charge in [0.2, 0.25) is 10.0 Å². The van der Waals surface area contributed by atoms with E-state index in [9.17, 15) is 8.42 Å². The summed E-state index contributed by atoms with van der Waals surface area (Å²) in [5.41, 5.74) is 5.04. The van der Waals surface area contributed by atoms with Gasteiger partial charge in [0.05, 0.1) is 36.8 Å². The highest BCUT2D eigenvalue weighted by Gasteiger charge is 2.42. The average molecular weight is 555 g/mol. The Labute approximate surface area is 225 Å². The summed E-state index contributed by atoms with van der Waals surface area (Å²) in [6, 6.07) is 12.8. The largest absolute Gasteiger partial charge is 0.495 e. The molecule has 5 rings (SSSR count). The first-order valence-electron chi connectivity index (χ1n) is 11.4. The van der Waals surface area contributed by atoms with E-state index in [4.69, 9.17) is 17.0 Å². The lowest BCUT2D eigenvalue weighted by molar-refractivity contribution is 0.417. The van der Waals surface area contributed by atoms with Crippen LogP contribution in [0.5, 0.6) is 5.75 Å². The van der Waals surface area contributed by atoms with Crippen LogP contribution in [0.1, 0.15) is 34.7 Å². The molecule has 0 spiro atoms. The maximum Gasteiger partial charge on any atom is 0.229 e. The van der Waals surface area contributed by atoms with Gasteiger partial charge in [-0.05, 0) is 68.0 Å². The normalized spacial score (nSPS) is 17.6. The van der Waals surface area contributed by atoms with Gasteiger partial charge in [0.25, 0.3) is 0 Å². The van der Waals surface area contributed by atoms with Crippen molar-refractivity contribution in [3.63, 3.8) is 0 Å². The van der Waals surface area contributed by atoms with E-state index in [2.05, 4.69) is 44.5 Å². The Kier molecular flexibility index (Phi) is 6.65. The van der Waals surface area contributed by atoms with Crippen LogP contribution >= 0.6 is 23.6 Å². The summed E-state index contributed by atoms with van der Waals surface area (Å²) >= 11 is 7.43. The predicted molar refractivity (Wildman–Crippen MR) is 150 cm³/mol. The number of thiocarbonyl (C=S) groups is 1. The zero-order chi connectivity index (χ0) is 26.3. The first kappa shape index (κ1) is 25.2. The monoisotopic (exact) mass is 554 g/mol. The molecule has 12 heteroatoms. The van der Waals surface area contributed by atoms with E-state index in [0.717, 1.165) is 34.0 Å². The fraction of sp³-hybridized carbons (Fsp3) is 0.240. The zero-order valence-corrected chi connectivity index (χ0v) is 23.1. The van der Waals surface area contributed by atoms with Crippen molar-refractivity contribution in [2.75, 3.05) is 23.0 Å². The smallest absolute Gasteiger partial charge is 0.229 e. The quantitative estimate of drug-likeness (QED) is 0.322. The molecule has 1 fully saturated rings. The van der Waals surface area contributed by atoms with Gasteiger partial charge in [0, 0.05) is 34.8 Å². The number of hydrogen-bond acceptors (Lipinski definition) is 7. The van der Waals surface area contributed by atoms with Crippen LogP contribution in [0.4, 0.5) is 11.4 Å². The van der Waals surface area contributed by atoms with E-state index in [1.54, 1.807) is 35.9 Å². The van der Waals surface area contributed by atoms with E-state index in [0.29, 0.717) is 22.2 Å². The lowest BCUT2D eigenvalue weighted by atomic mass is 9.96. The third-order valence-corrected chi connectivity index (χ3v) is 7.92. The topological polar surface area (TPSA) is 101 Å². The fourth-order valence-corrected chi connectivity index (χ4v) is 6.44. The van der Waals surface area contributed by atoms with E-state index in [-0.39, 0.29) is 12.1 Å². The molecular formula is C25H26N6O3S3. The molecule has 0 radical (unpaired) electrons. The van der Waals surface area contributed by atoms with E-state index in [1.165, 1.54) is 7.11 Å². The molecule has 37 heavy (non-hydrogen) atoms. The Morgan fingerprint density at radius 3 is 2.59 bits per heavy atom. The van der Waals surface area contributed by atoms with Gasteiger partial charge < -0.3 is 15.0 Å². The van der Waals surface area contributed by atoms with Crippen molar-refractivity contribution in [1.82, 2.24) is 19.9 Å². The number of nitrogens with one attached hydrogen (secondary N) is 2. The number of sulfonamides is 1. The highest BCUT2D eigenvalue weighted by atomic mass is 32.2. The maximum atomic E-state index is 12.1. The number of nitrogens with zero attached hydrogens (tertiary/aromatic N) is 4. The Balaban J connectivity index is 1.68. The molecule has 1 aromatic carbocycles. The number of thiazole rings is 1. The average Bonchev–Trinajstić information content (AvgIpc) is 3.56. The van der Waals surface area contributed by atoms with Crippen LogP contribution in [-0.4, -0.2) is 41.4 Å². The third-order valence-electron chi connectivity index (χ3n) is 6.25. The van der Waals surface area contributed by atoms with Crippen molar-refractivity contribution < 1.29 is 13.2 Å². The van der Waals surface area contributed by atoms with E-state index >= 15 is 0 Å². The number of anilines is 2. The molecule has 0 aliphatic carbocycles. The first-order valence-corrected chi connectivity index (χ1v) is 14.6. The third kappa shape index (κ3) is 4.79. The molecule has 2 unspecified atom stereocenters. The van der Waals surface area contributed by atoms with Gasteiger partial charge in [-0.2, -0.15) is 0 Å². The Bertz CT molecular complexity index is 1550. The predicted octanol–water partition coefficient (Wildman–Crippen LogP) is 4.50. The first-order chi connectivity index (χ1) is 17.7. The molecule has 1 saturated heterocycles. The number of ether oxygens (including phenoxy) is 1. The van der Waals surface area contributed by atoms with Crippen LogP contribution in [0.15, 0.2) is 60.2 Å². The summed E-state index contributed by atoms with van der Waals surface area (Å²) in [6.07, 6.45) is 4.66. The summed E-state index contributed by atoms with van der Waals surface area (Å²) < 4.78 is 34.2. The molecule has 2 N–H and O–H groups in total. The number of rotatable bonds is 7. The second-order valence-electron chi connectivity index (χ2n) is 8.73. The van der Waals surface area contributed by atoms with Crippen LogP contribution < -0.4 is 19.7 Å². The number of hydrogen-bond donors (Lipinski definition) is 2. The minimum absolute atomic E-state index is 0.243. The van der Waals surface area contributed by atoms with Gasteiger partial charge in [-0.3, -0.25) is 14.3 Å². The highest BCUT2D eigenvalue weighted by molar-refractivity contribution is 7.92. The van der Waals surface area contributed by atoms with Gasteiger partial charge in [0.15, 0.2) is 10.2 Å². The van der Waals surface area contributed by atoms with Crippen LogP contribution in [0.2, 0.25) is 0 Å². The lowest BCUT2D eigenvalue weighted by Gasteiger charge is -2.28. The van der Waals surface area contributed by atoms with E-state index < -0.39 is 10.0 Å². The summed E-state index contributed by atoms with van der Waals surface area (Å²) in [7, 11) is -2.04. The molecule has 1 aliphatic heterocycles. The van der Waals surface area contributed by atoms with Gasteiger partial charge >= 0.3 is 0 Å². The molecule has 9 nitrogen and oxygen atoms in total. The molecule has 0 saturated carbocycles.